The highest BCUT2D eigenvalue weighted by molar-refractivity contribution is 5.85. The lowest BCUT2D eigenvalue weighted by molar-refractivity contribution is -0.151. The van der Waals surface area contributed by atoms with Gasteiger partial charge in [0, 0.05) is 6.54 Å². The van der Waals surface area contributed by atoms with E-state index in [9.17, 15) is 19.2 Å². The van der Waals surface area contributed by atoms with Crippen LogP contribution in [0, 0.1) is 0 Å². The third-order valence-corrected chi connectivity index (χ3v) is 3.25. The van der Waals surface area contributed by atoms with E-state index in [0.29, 0.717) is 6.42 Å². The summed E-state index contributed by atoms with van der Waals surface area (Å²) >= 11 is 0. The first kappa shape index (κ1) is 27.7. The largest absolute Gasteiger partial charge is 0.480 e. The van der Waals surface area contributed by atoms with Crippen molar-refractivity contribution in [3.63, 3.8) is 0 Å². The molecule has 0 fully saturated rings. The minimum Gasteiger partial charge on any atom is -0.480 e. The topological polar surface area (TPSA) is 190 Å². The number of aliphatic hydroxyl groups excluding tert-OH is 2. The van der Waals surface area contributed by atoms with E-state index in [1.54, 1.807) is 0 Å². The number of carbonyl (C=O) groups is 4. The Morgan fingerprint density at radius 2 is 1.40 bits per heavy atom. The van der Waals surface area contributed by atoms with Crippen LogP contribution in [0.3, 0.4) is 0 Å². The van der Waals surface area contributed by atoms with Crippen LogP contribution in [-0.2, 0) is 38.1 Å². The standard InChI is InChI=1S/C17H30N2O11/c20-4-6-27-10-14(22)18-3-1-2-13(19-15(23)11-28-7-5-21)17(26)30-9-8-29-12-16(24)25/h13,20-21H,1-12H2,(H,18,22)(H,19,23)(H,24,25)/t13-/m0/s1. The molecule has 30 heavy (non-hydrogen) atoms. The number of aliphatic hydroxyl groups is 2. The maximum atomic E-state index is 12.2. The van der Waals surface area contributed by atoms with Crippen LogP contribution in [0.4, 0.5) is 0 Å². The maximum absolute atomic E-state index is 12.2. The van der Waals surface area contributed by atoms with Crippen molar-refractivity contribution in [3.8, 4) is 0 Å². The van der Waals surface area contributed by atoms with E-state index in [2.05, 4.69) is 10.6 Å². The zero-order chi connectivity index (χ0) is 22.6. The molecule has 0 aromatic heterocycles. The van der Waals surface area contributed by atoms with E-state index < -0.39 is 30.5 Å². The van der Waals surface area contributed by atoms with Gasteiger partial charge in [-0.05, 0) is 12.8 Å². The van der Waals surface area contributed by atoms with Gasteiger partial charge in [-0.3, -0.25) is 9.59 Å². The summed E-state index contributed by atoms with van der Waals surface area (Å²) in [5.41, 5.74) is 0. The molecule has 0 aliphatic rings. The molecule has 174 valence electrons. The third kappa shape index (κ3) is 16.6. The average Bonchev–Trinajstić information content (AvgIpc) is 2.70. The van der Waals surface area contributed by atoms with Crippen molar-refractivity contribution in [2.24, 2.45) is 0 Å². The molecule has 0 aliphatic heterocycles. The van der Waals surface area contributed by atoms with Crippen molar-refractivity contribution >= 4 is 23.8 Å². The van der Waals surface area contributed by atoms with E-state index >= 15 is 0 Å². The summed E-state index contributed by atoms with van der Waals surface area (Å²) in [4.78, 5) is 45.9. The van der Waals surface area contributed by atoms with Crippen LogP contribution in [-0.4, -0.2) is 111 Å². The number of amides is 2. The summed E-state index contributed by atoms with van der Waals surface area (Å²) in [5, 5.41) is 30.7. The lowest BCUT2D eigenvalue weighted by Gasteiger charge is -2.18. The Morgan fingerprint density at radius 1 is 0.800 bits per heavy atom. The molecular formula is C17H30N2O11. The summed E-state index contributed by atoms with van der Waals surface area (Å²) < 4.78 is 19.5. The maximum Gasteiger partial charge on any atom is 0.329 e. The van der Waals surface area contributed by atoms with Gasteiger partial charge in [-0.2, -0.15) is 0 Å². The second kappa shape index (κ2) is 18.7. The molecule has 0 rings (SSSR count). The molecule has 0 spiro atoms. The van der Waals surface area contributed by atoms with Gasteiger partial charge >= 0.3 is 11.9 Å². The molecule has 0 bridgehead atoms. The number of hydrogen-bond donors (Lipinski definition) is 5. The minimum absolute atomic E-state index is 0.0339. The molecule has 13 heteroatoms. The minimum atomic E-state index is -1.15. The fourth-order valence-corrected chi connectivity index (χ4v) is 1.99. The second-order valence-corrected chi connectivity index (χ2v) is 5.78. The molecule has 5 N–H and O–H groups in total. The fraction of sp³-hybridized carbons (Fsp3) is 0.765. The van der Waals surface area contributed by atoms with Crippen LogP contribution in [0.2, 0.25) is 0 Å². The number of hydrogen-bond acceptors (Lipinski definition) is 10. The SMILES string of the molecule is O=C(O)COCCOC(=O)[C@H](CCCNC(=O)COCCO)NC(=O)COCCO. The summed E-state index contributed by atoms with van der Waals surface area (Å²) in [5.74, 6) is -2.88. The van der Waals surface area contributed by atoms with Gasteiger partial charge in [-0.25, -0.2) is 9.59 Å². The van der Waals surface area contributed by atoms with E-state index in [-0.39, 0.29) is 71.7 Å². The van der Waals surface area contributed by atoms with E-state index in [0.717, 1.165) is 0 Å². The van der Waals surface area contributed by atoms with Crippen molar-refractivity contribution in [3.05, 3.63) is 0 Å². The van der Waals surface area contributed by atoms with Crippen LogP contribution in [0.5, 0.6) is 0 Å². The quantitative estimate of drug-likeness (QED) is 0.102. The summed E-state index contributed by atoms with van der Waals surface area (Å²) in [7, 11) is 0. The summed E-state index contributed by atoms with van der Waals surface area (Å²) in [6, 6.07) is -1.02. The smallest absolute Gasteiger partial charge is 0.329 e. The lowest BCUT2D eigenvalue weighted by atomic mass is 10.1. The number of carboxylic acid groups (broad SMARTS) is 1. The number of aliphatic carboxylic acids is 1. The molecule has 0 aromatic rings. The van der Waals surface area contributed by atoms with Crippen molar-refractivity contribution in [2.45, 2.75) is 18.9 Å². The van der Waals surface area contributed by atoms with Gasteiger partial charge in [0.1, 0.15) is 32.5 Å². The molecule has 1 atom stereocenters. The Labute approximate surface area is 173 Å². The molecule has 0 saturated carbocycles. The van der Waals surface area contributed by atoms with E-state index in [1.165, 1.54) is 0 Å². The molecule has 0 heterocycles. The van der Waals surface area contributed by atoms with Gasteiger partial charge in [-0.1, -0.05) is 0 Å². The first-order valence-electron chi connectivity index (χ1n) is 9.30. The molecular weight excluding hydrogens is 408 g/mol. The molecule has 0 saturated heterocycles. The normalized spacial score (nSPS) is 11.5. The van der Waals surface area contributed by atoms with Crippen LogP contribution >= 0.6 is 0 Å². The number of esters is 1. The van der Waals surface area contributed by atoms with Crippen molar-refractivity contribution in [2.75, 3.05) is 66.0 Å². The Bertz CT molecular complexity index is 516. The Kier molecular flexibility index (Phi) is 17.2. The zero-order valence-electron chi connectivity index (χ0n) is 16.7. The Balaban J connectivity index is 4.38. The monoisotopic (exact) mass is 438 g/mol. The molecule has 0 unspecified atom stereocenters. The van der Waals surface area contributed by atoms with Crippen molar-refractivity contribution < 1.29 is 53.4 Å². The second-order valence-electron chi connectivity index (χ2n) is 5.78. The number of nitrogens with one attached hydrogen (secondary N) is 2. The van der Waals surface area contributed by atoms with Gasteiger partial charge < -0.3 is 44.9 Å². The predicted octanol–water partition coefficient (Wildman–Crippen LogP) is -2.97. The van der Waals surface area contributed by atoms with Gasteiger partial charge in [-0.15, -0.1) is 0 Å². The number of carbonyl (C=O) groups excluding carboxylic acids is 3. The number of rotatable bonds is 19. The van der Waals surface area contributed by atoms with Crippen LogP contribution < -0.4 is 10.6 Å². The molecule has 13 nitrogen and oxygen atoms in total. The van der Waals surface area contributed by atoms with E-state index in [4.69, 9.17) is 34.3 Å². The van der Waals surface area contributed by atoms with Crippen molar-refractivity contribution in [1.29, 1.82) is 0 Å². The highest BCUT2D eigenvalue weighted by atomic mass is 16.6. The van der Waals surface area contributed by atoms with Gasteiger partial charge in [0.2, 0.25) is 11.8 Å². The molecule has 0 aliphatic carbocycles. The first-order chi connectivity index (χ1) is 14.4. The van der Waals surface area contributed by atoms with Crippen LogP contribution in [0.15, 0.2) is 0 Å². The first-order valence-corrected chi connectivity index (χ1v) is 9.30. The zero-order valence-corrected chi connectivity index (χ0v) is 16.7. The summed E-state index contributed by atoms with van der Waals surface area (Å²) in [6.07, 6.45) is 0.483. The summed E-state index contributed by atoms with van der Waals surface area (Å²) in [6.45, 7) is -1.63. The third-order valence-electron chi connectivity index (χ3n) is 3.25. The highest BCUT2D eigenvalue weighted by Gasteiger charge is 2.22. The predicted molar refractivity (Wildman–Crippen MR) is 99.4 cm³/mol. The number of ether oxygens (including phenoxy) is 4. The van der Waals surface area contributed by atoms with Crippen LogP contribution in [0.25, 0.3) is 0 Å². The van der Waals surface area contributed by atoms with E-state index in [1.807, 2.05) is 0 Å². The van der Waals surface area contributed by atoms with Gasteiger partial charge in [0.05, 0.1) is 33.0 Å². The Morgan fingerprint density at radius 3 is 2.00 bits per heavy atom. The Hall–Kier alpha value is -2.32. The highest BCUT2D eigenvalue weighted by Crippen LogP contribution is 2.01. The molecule has 0 radical (unpaired) electrons. The van der Waals surface area contributed by atoms with Gasteiger partial charge in [0.25, 0.3) is 0 Å². The number of carboxylic acids is 1. The molecule has 2 amide bonds. The van der Waals surface area contributed by atoms with Gasteiger partial charge in [0.15, 0.2) is 0 Å². The molecule has 0 aromatic carbocycles. The lowest BCUT2D eigenvalue weighted by Crippen LogP contribution is -2.44. The van der Waals surface area contributed by atoms with Crippen molar-refractivity contribution in [1.82, 2.24) is 10.6 Å². The average molecular weight is 438 g/mol. The fourth-order valence-electron chi connectivity index (χ4n) is 1.99. The van der Waals surface area contributed by atoms with Crippen LogP contribution in [0.1, 0.15) is 12.8 Å².